The average Bonchev–Trinajstić information content (AvgIpc) is 3.04. The molecule has 7 nitrogen and oxygen atoms in total. The predicted octanol–water partition coefficient (Wildman–Crippen LogP) is 9.54. The summed E-state index contributed by atoms with van der Waals surface area (Å²) >= 11 is 0. The van der Waals surface area contributed by atoms with Gasteiger partial charge in [0, 0.05) is 11.4 Å². The van der Waals surface area contributed by atoms with Crippen LogP contribution in [0.15, 0.2) is 72.3 Å². The summed E-state index contributed by atoms with van der Waals surface area (Å²) in [6.07, 6.45) is 9.35. The van der Waals surface area contributed by atoms with Crippen LogP contribution < -0.4 is 10.6 Å². The van der Waals surface area contributed by atoms with Crippen LogP contribution >= 0.6 is 0 Å². The van der Waals surface area contributed by atoms with E-state index >= 15 is 0 Å². The molecular weight excluding hydrogens is 624 g/mol. The summed E-state index contributed by atoms with van der Waals surface area (Å²) in [5.41, 5.74) is 1.84. The third kappa shape index (κ3) is 5.81. The predicted molar refractivity (Wildman–Crippen MR) is 200 cm³/mol. The van der Waals surface area contributed by atoms with Gasteiger partial charge >= 0.3 is 12.0 Å². The Labute approximate surface area is 299 Å². The molecular formula is C43H60N2O5. The minimum atomic E-state index is -1.04. The number of allylic oxidation sites excluding steroid dienone is 2. The molecule has 0 radical (unpaired) electrons. The van der Waals surface area contributed by atoms with Gasteiger partial charge in [-0.2, -0.15) is 0 Å². The highest BCUT2D eigenvalue weighted by molar-refractivity contribution is 5.99. The smallest absolute Gasteiger partial charge is 0.323 e. The van der Waals surface area contributed by atoms with Crippen molar-refractivity contribution in [3.63, 3.8) is 0 Å². The standard InChI is InChI=1S/C30H48O4.C13H12N2O/c1-25(2)14-15-30(24(33)34)19(16-25)18-8-9-21-27(5)12-11-22(31)26(3,4)20(27)10-13-28(21,6)29(18,7)17-23(30)32;16-13(14-11-7-3-1-4-8-11)15-12-9-5-2-6-10-12/h8,19-23,31-32H,9-17H2,1-7H3,(H,33,34);1-10H,(H2,14,15,16). The molecule has 0 aliphatic heterocycles. The number of aliphatic hydroxyl groups excluding tert-OH is 2. The number of amides is 2. The molecule has 7 heteroatoms. The second kappa shape index (κ2) is 12.8. The van der Waals surface area contributed by atoms with Crippen molar-refractivity contribution in [2.75, 3.05) is 10.6 Å². The van der Waals surface area contributed by atoms with E-state index in [1.165, 1.54) is 5.57 Å². The molecule has 5 N–H and O–H groups in total. The van der Waals surface area contributed by atoms with Crippen molar-refractivity contribution in [1.29, 1.82) is 0 Å². The topological polar surface area (TPSA) is 119 Å². The first-order chi connectivity index (χ1) is 23.4. The van der Waals surface area contributed by atoms with Gasteiger partial charge in [0.15, 0.2) is 0 Å². The van der Waals surface area contributed by atoms with Crippen molar-refractivity contribution in [2.45, 2.75) is 118 Å². The van der Waals surface area contributed by atoms with Gasteiger partial charge in [-0.25, -0.2) is 4.79 Å². The van der Waals surface area contributed by atoms with Gasteiger partial charge in [-0.3, -0.25) is 4.79 Å². The Balaban J connectivity index is 0.000000226. The first kappa shape index (κ1) is 36.6. The second-order valence-corrected chi connectivity index (χ2v) is 18.5. The number of nitrogens with one attached hydrogen (secondary N) is 2. The number of urea groups is 1. The summed E-state index contributed by atoms with van der Waals surface area (Å²) in [5, 5.41) is 38.5. The van der Waals surface area contributed by atoms with Crippen LogP contribution in [0.2, 0.25) is 0 Å². The van der Waals surface area contributed by atoms with Crippen molar-refractivity contribution in [3.8, 4) is 0 Å². The zero-order valence-corrected chi connectivity index (χ0v) is 31.3. The molecule has 7 rings (SSSR count). The summed E-state index contributed by atoms with van der Waals surface area (Å²) in [4.78, 5) is 24.4. The SMILES string of the molecule is CC1(C)CCC2(C(=O)O)C(O)CC3(C)C(=CCC4C5(C)CCC(O)C(C)(C)C5CCC43C)C2C1.O=C(Nc1ccccc1)Nc1ccccc1. The van der Waals surface area contributed by atoms with Gasteiger partial charge in [0.2, 0.25) is 0 Å². The number of carbonyl (C=O) groups excluding carboxylic acids is 1. The van der Waals surface area contributed by atoms with Crippen molar-refractivity contribution in [1.82, 2.24) is 0 Å². The molecule has 2 aromatic carbocycles. The molecule has 0 saturated heterocycles. The van der Waals surface area contributed by atoms with Gasteiger partial charge < -0.3 is 26.0 Å². The van der Waals surface area contributed by atoms with Crippen LogP contribution in [-0.4, -0.2) is 39.5 Å². The average molecular weight is 685 g/mol. The van der Waals surface area contributed by atoms with Crippen LogP contribution in [-0.2, 0) is 4.79 Å². The van der Waals surface area contributed by atoms with Gasteiger partial charge in [-0.1, -0.05) is 96.5 Å². The van der Waals surface area contributed by atoms with Crippen LogP contribution in [0, 0.1) is 50.2 Å². The maximum Gasteiger partial charge on any atom is 0.323 e. The van der Waals surface area contributed by atoms with Crippen molar-refractivity contribution >= 4 is 23.4 Å². The number of para-hydroxylation sites is 2. The first-order valence-corrected chi connectivity index (χ1v) is 18.9. The molecule has 9 unspecified atom stereocenters. The minimum Gasteiger partial charge on any atom is -0.481 e. The van der Waals surface area contributed by atoms with E-state index in [1.807, 2.05) is 60.7 Å². The number of hydrogen-bond acceptors (Lipinski definition) is 4. The summed E-state index contributed by atoms with van der Waals surface area (Å²) < 4.78 is 0. The van der Waals surface area contributed by atoms with Gasteiger partial charge in [0.25, 0.3) is 0 Å². The van der Waals surface area contributed by atoms with E-state index in [1.54, 1.807) is 0 Å². The Hall–Kier alpha value is -3.16. The van der Waals surface area contributed by atoms with Crippen LogP contribution in [0.5, 0.6) is 0 Å². The molecule has 2 aromatic rings. The van der Waals surface area contributed by atoms with Gasteiger partial charge in [-0.15, -0.1) is 0 Å². The Bertz CT molecular complexity index is 1560. The quantitative estimate of drug-likeness (QED) is 0.206. The van der Waals surface area contributed by atoms with Crippen LogP contribution in [0.1, 0.15) is 106 Å². The lowest BCUT2D eigenvalue weighted by molar-refractivity contribution is -0.218. The van der Waals surface area contributed by atoms with E-state index in [4.69, 9.17) is 0 Å². The molecule has 2 amide bonds. The molecule has 0 spiro atoms. The third-order valence-corrected chi connectivity index (χ3v) is 15.1. The van der Waals surface area contributed by atoms with E-state index in [0.717, 1.165) is 56.3 Å². The van der Waals surface area contributed by atoms with Crippen LogP contribution in [0.25, 0.3) is 0 Å². The van der Waals surface area contributed by atoms with E-state index in [0.29, 0.717) is 24.7 Å². The maximum absolute atomic E-state index is 12.8. The fourth-order valence-electron chi connectivity index (χ4n) is 12.1. The zero-order valence-electron chi connectivity index (χ0n) is 31.3. The number of carbonyl (C=O) groups is 2. The van der Waals surface area contributed by atoms with Crippen LogP contribution in [0.3, 0.4) is 0 Å². The maximum atomic E-state index is 12.8. The lowest BCUT2D eigenvalue weighted by atomic mass is 9.33. The Kier molecular flexibility index (Phi) is 9.38. The Morgan fingerprint density at radius 3 is 1.84 bits per heavy atom. The number of anilines is 2. The minimum absolute atomic E-state index is 0.0218. The normalized spacial score (nSPS) is 39.4. The lowest BCUT2D eigenvalue weighted by Crippen LogP contribution is -2.67. The van der Waals surface area contributed by atoms with Crippen molar-refractivity contribution < 1.29 is 24.9 Å². The molecule has 9 atom stereocenters. The Morgan fingerprint density at radius 2 is 1.28 bits per heavy atom. The molecule has 0 heterocycles. The number of fused-ring (bicyclic) bond motifs is 7. The third-order valence-electron chi connectivity index (χ3n) is 15.1. The summed E-state index contributed by atoms with van der Waals surface area (Å²) in [7, 11) is 0. The monoisotopic (exact) mass is 684 g/mol. The molecule has 0 bridgehead atoms. The number of benzene rings is 2. The van der Waals surface area contributed by atoms with E-state index in [-0.39, 0.29) is 45.1 Å². The van der Waals surface area contributed by atoms with Crippen molar-refractivity contribution in [3.05, 3.63) is 72.3 Å². The zero-order chi connectivity index (χ0) is 36.3. The van der Waals surface area contributed by atoms with Gasteiger partial charge in [0.05, 0.1) is 12.2 Å². The molecule has 4 saturated carbocycles. The lowest BCUT2D eigenvalue weighted by Gasteiger charge is -2.71. The number of rotatable bonds is 3. The highest BCUT2D eigenvalue weighted by Gasteiger charge is 2.71. The highest BCUT2D eigenvalue weighted by atomic mass is 16.4. The second-order valence-electron chi connectivity index (χ2n) is 18.5. The largest absolute Gasteiger partial charge is 0.481 e. The number of carboxylic acid groups (broad SMARTS) is 1. The number of aliphatic hydroxyl groups is 2. The fourth-order valence-corrected chi connectivity index (χ4v) is 12.1. The molecule has 50 heavy (non-hydrogen) atoms. The number of aliphatic carboxylic acids is 1. The molecule has 5 aliphatic carbocycles. The van der Waals surface area contributed by atoms with E-state index in [9.17, 15) is 24.9 Å². The van der Waals surface area contributed by atoms with Crippen LogP contribution in [0.4, 0.5) is 16.2 Å². The molecule has 272 valence electrons. The fraction of sp³-hybridized carbons (Fsp3) is 0.628. The number of hydrogen-bond donors (Lipinski definition) is 5. The van der Waals surface area contributed by atoms with Gasteiger partial charge in [0.1, 0.15) is 5.41 Å². The number of carboxylic acids is 1. The molecule has 5 aliphatic rings. The van der Waals surface area contributed by atoms with E-state index in [2.05, 4.69) is 65.2 Å². The van der Waals surface area contributed by atoms with Crippen molar-refractivity contribution in [2.24, 2.45) is 50.2 Å². The van der Waals surface area contributed by atoms with Gasteiger partial charge in [-0.05, 0) is 127 Å². The molecule has 0 aromatic heterocycles. The molecule has 4 fully saturated rings. The summed E-state index contributed by atoms with van der Waals surface area (Å²) in [5.74, 6) is 0.0888. The highest BCUT2D eigenvalue weighted by Crippen LogP contribution is 2.75. The van der Waals surface area contributed by atoms with E-state index < -0.39 is 17.5 Å². The summed E-state index contributed by atoms with van der Waals surface area (Å²) in [6.45, 7) is 16.4. The summed E-state index contributed by atoms with van der Waals surface area (Å²) in [6, 6.07) is 18.4. The Morgan fingerprint density at radius 1 is 0.700 bits per heavy atom. The first-order valence-electron chi connectivity index (χ1n) is 18.9.